The third-order valence-electron chi connectivity index (χ3n) is 2.43. The molecule has 0 spiro atoms. The van der Waals surface area contributed by atoms with E-state index in [1.165, 1.54) is 0 Å². The number of aliphatic hydroxyl groups is 1. The first-order valence-electron chi connectivity index (χ1n) is 5.19. The minimum atomic E-state index is 0.410. The van der Waals surface area contributed by atoms with E-state index in [9.17, 15) is 4.79 Å². The van der Waals surface area contributed by atoms with E-state index in [1.807, 2.05) is 0 Å². The Hall–Kier alpha value is -0.450. The topological polar surface area (TPSA) is 66.6 Å². The molecule has 0 bridgehead atoms. The van der Waals surface area contributed by atoms with Crippen LogP contribution in [0.25, 0.3) is 0 Å². The Morgan fingerprint density at radius 3 is 2.50 bits per heavy atom. The van der Waals surface area contributed by atoms with Gasteiger partial charge in [-0.25, -0.2) is 0 Å². The molecule has 1 fully saturated rings. The molecule has 0 radical (unpaired) electrons. The molecular weight excluding hydrogens is 180 g/mol. The molecule has 0 aromatic carbocycles. The van der Waals surface area contributed by atoms with Crippen molar-refractivity contribution in [3.05, 3.63) is 0 Å². The zero-order chi connectivity index (χ0) is 10.8. The van der Waals surface area contributed by atoms with Crippen molar-refractivity contribution >= 4 is 6.29 Å². The van der Waals surface area contributed by atoms with Gasteiger partial charge in [0.05, 0.1) is 0 Å². The second-order valence-corrected chi connectivity index (χ2v) is 3.49. The third-order valence-corrected chi connectivity index (χ3v) is 2.43. The van der Waals surface area contributed by atoms with Gasteiger partial charge in [0, 0.05) is 19.6 Å². The SMILES string of the molecule is CO.NC1CCN(CCCC=O)CC1. The van der Waals surface area contributed by atoms with Gasteiger partial charge in [-0.3, -0.25) is 0 Å². The summed E-state index contributed by atoms with van der Waals surface area (Å²) in [4.78, 5) is 12.5. The van der Waals surface area contributed by atoms with Gasteiger partial charge in [-0.05, 0) is 38.9 Å². The normalized spacial score (nSPS) is 18.5. The Labute approximate surface area is 86.1 Å². The lowest BCUT2D eigenvalue weighted by atomic mass is 10.1. The van der Waals surface area contributed by atoms with E-state index >= 15 is 0 Å². The number of unbranched alkanes of at least 4 members (excludes halogenated alkanes) is 1. The molecule has 0 aliphatic carbocycles. The summed E-state index contributed by atoms with van der Waals surface area (Å²) >= 11 is 0. The maximum absolute atomic E-state index is 10.1. The fourth-order valence-corrected chi connectivity index (χ4v) is 1.57. The van der Waals surface area contributed by atoms with Gasteiger partial charge in [0.25, 0.3) is 0 Å². The molecule has 0 unspecified atom stereocenters. The highest BCUT2D eigenvalue weighted by atomic mass is 16.2. The van der Waals surface area contributed by atoms with Crippen LogP contribution >= 0.6 is 0 Å². The van der Waals surface area contributed by atoms with Crippen LogP contribution in [0, 0.1) is 0 Å². The predicted octanol–water partition coefficient (Wildman–Crippen LogP) is -0.00290. The first-order chi connectivity index (χ1) is 6.83. The summed E-state index contributed by atoms with van der Waals surface area (Å²) in [5.74, 6) is 0. The van der Waals surface area contributed by atoms with Gasteiger partial charge in [0.2, 0.25) is 0 Å². The number of hydrogen-bond acceptors (Lipinski definition) is 4. The standard InChI is InChI=1S/C9H18N2O.CH4O/c10-9-3-6-11(7-4-9)5-1-2-8-12;1-2/h8-9H,1-7,10H2;2H,1H3. The van der Waals surface area contributed by atoms with Crippen molar-refractivity contribution in [1.29, 1.82) is 0 Å². The van der Waals surface area contributed by atoms with Crippen molar-refractivity contribution in [3.8, 4) is 0 Å². The number of carbonyl (C=O) groups is 1. The van der Waals surface area contributed by atoms with E-state index in [1.54, 1.807) is 0 Å². The molecule has 0 saturated carbocycles. The quantitative estimate of drug-likeness (QED) is 0.497. The van der Waals surface area contributed by atoms with E-state index in [0.717, 1.165) is 52.3 Å². The lowest BCUT2D eigenvalue weighted by Crippen LogP contribution is -2.40. The molecule has 0 atom stereocenters. The number of nitrogens with zero attached hydrogens (tertiary/aromatic N) is 1. The molecule has 1 aliphatic heterocycles. The zero-order valence-electron chi connectivity index (χ0n) is 8.98. The number of piperidine rings is 1. The number of nitrogens with two attached hydrogens (primary N) is 1. The van der Waals surface area contributed by atoms with Crippen molar-refractivity contribution in [3.63, 3.8) is 0 Å². The number of likely N-dealkylation sites (tertiary alicyclic amines) is 1. The minimum absolute atomic E-state index is 0.410. The second-order valence-electron chi connectivity index (χ2n) is 3.49. The molecule has 1 saturated heterocycles. The molecule has 4 nitrogen and oxygen atoms in total. The Morgan fingerprint density at radius 1 is 1.43 bits per heavy atom. The molecule has 0 aromatic heterocycles. The Bertz CT molecular complexity index is 134. The highest BCUT2D eigenvalue weighted by Crippen LogP contribution is 2.08. The fraction of sp³-hybridized carbons (Fsp3) is 0.900. The second kappa shape index (κ2) is 9.12. The van der Waals surface area contributed by atoms with Crippen LogP contribution in [-0.2, 0) is 4.79 Å². The Balaban J connectivity index is 0.000000791. The van der Waals surface area contributed by atoms with Crippen molar-refractivity contribution in [2.45, 2.75) is 31.7 Å². The van der Waals surface area contributed by atoms with Crippen molar-refractivity contribution < 1.29 is 9.90 Å². The van der Waals surface area contributed by atoms with E-state index in [2.05, 4.69) is 4.90 Å². The molecule has 1 heterocycles. The van der Waals surface area contributed by atoms with Gasteiger partial charge < -0.3 is 20.5 Å². The number of rotatable bonds is 4. The summed E-state index contributed by atoms with van der Waals surface area (Å²) in [6.07, 6.45) is 4.92. The number of aliphatic hydroxyl groups excluding tert-OH is 1. The summed E-state index contributed by atoms with van der Waals surface area (Å²) in [6, 6.07) is 0.410. The lowest BCUT2D eigenvalue weighted by molar-refractivity contribution is -0.108. The highest BCUT2D eigenvalue weighted by molar-refractivity contribution is 5.48. The molecule has 1 rings (SSSR count). The van der Waals surface area contributed by atoms with Crippen LogP contribution in [0.2, 0.25) is 0 Å². The number of carbonyl (C=O) groups excluding carboxylic acids is 1. The van der Waals surface area contributed by atoms with E-state index in [4.69, 9.17) is 10.8 Å². The highest BCUT2D eigenvalue weighted by Gasteiger charge is 2.14. The van der Waals surface area contributed by atoms with Gasteiger partial charge in [-0.15, -0.1) is 0 Å². The summed E-state index contributed by atoms with van der Waals surface area (Å²) < 4.78 is 0. The largest absolute Gasteiger partial charge is 0.400 e. The van der Waals surface area contributed by atoms with Gasteiger partial charge in [-0.1, -0.05) is 0 Å². The molecular formula is C10H22N2O2. The van der Waals surface area contributed by atoms with Crippen LogP contribution in [-0.4, -0.2) is 49.1 Å². The van der Waals surface area contributed by atoms with Gasteiger partial charge in [0.15, 0.2) is 0 Å². The Morgan fingerprint density at radius 2 is 2.00 bits per heavy atom. The van der Waals surface area contributed by atoms with Crippen molar-refractivity contribution in [2.24, 2.45) is 5.73 Å². The van der Waals surface area contributed by atoms with Crippen LogP contribution in [0.4, 0.5) is 0 Å². The van der Waals surface area contributed by atoms with Gasteiger partial charge in [-0.2, -0.15) is 0 Å². The first-order valence-corrected chi connectivity index (χ1v) is 5.19. The first kappa shape index (κ1) is 13.5. The summed E-state index contributed by atoms with van der Waals surface area (Å²) in [6.45, 7) is 3.28. The lowest BCUT2D eigenvalue weighted by Gasteiger charge is -2.29. The molecule has 0 amide bonds. The van der Waals surface area contributed by atoms with Gasteiger partial charge in [0.1, 0.15) is 6.29 Å². The van der Waals surface area contributed by atoms with Crippen molar-refractivity contribution in [2.75, 3.05) is 26.7 Å². The number of aldehydes is 1. The monoisotopic (exact) mass is 202 g/mol. The molecule has 3 N–H and O–H groups in total. The molecule has 14 heavy (non-hydrogen) atoms. The summed E-state index contributed by atoms with van der Waals surface area (Å²) in [7, 11) is 1.00. The minimum Gasteiger partial charge on any atom is -0.400 e. The number of hydrogen-bond donors (Lipinski definition) is 2. The third kappa shape index (κ3) is 6.07. The van der Waals surface area contributed by atoms with Crippen LogP contribution in [0.3, 0.4) is 0 Å². The average molecular weight is 202 g/mol. The van der Waals surface area contributed by atoms with Crippen LogP contribution in [0.5, 0.6) is 0 Å². The maximum Gasteiger partial charge on any atom is 0.120 e. The zero-order valence-corrected chi connectivity index (χ0v) is 8.98. The molecule has 1 aliphatic rings. The average Bonchev–Trinajstić information content (AvgIpc) is 2.24. The smallest absolute Gasteiger partial charge is 0.120 e. The van der Waals surface area contributed by atoms with Crippen LogP contribution < -0.4 is 5.73 Å². The predicted molar refractivity (Wildman–Crippen MR) is 57.1 cm³/mol. The van der Waals surface area contributed by atoms with Gasteiger partial charge >= 0.3 is 0 Å². The Kier molecular flexibility index (Phi) is 8.83. The van der Waals surface area contributed by atoms with Crippen LogP contribution in [0.1, 0.15) is 25.7 Å². The fourth-order valence-electron chi connectivity index (χ4n) is 1.57. The van der Waals surface area contributed by atoms with Crippen LogP contribution in [0.15, 0.2) is 0 Å². The van der Waals surface area contributed by atoms with E-state index in [0.29, 0.717) is 12.5 Å². The molecule has 84 valence electrons. The molecule has 0 aromatic rings. The molecule has 4 heteroatoms. The van der Waals surface area contributed by atoms with E-state index in [-0.39, 0.29) is 0 Å². The van der Waals surface area contributed by atoms with Crippen molar-refractivity contribution in [1.82, 2.24) is 4.90 Å². The summed E-state index contributed by atoms with van der Waals surface area (Å²) in [5.41, 5.74) is 5.77. The maximum atomic E-state index is 10.1. The van der Waals surface area contributed by atoms with E-state index < -0.39 is 0 Å². The summed E-state index contributed by atoms with van der Waals surface area (Å²) in [5, 5.41) is 7.00.